The lowest BCUT2D eigenvalue weighted by atomic mass is 9.96. The van der Waals surface area contributed by atoms with Gasteiger partial charge in [-0.05, 0) is 62.1 Å². The smallest absolute Gasteiger partial charge is 0.242 e. The minimum Gasteiger partial charge on any atom is -0.493 e. The Bertz CT molecular complexity index is 878. The van der Waals surface area contributed by atoms with E-state index in [-0.39, 0.29) is 30.2 Å². The first-order valence-corrected chi connectivity index (χ1v) is 9.44. The third-order valence-corrected chi connectivity index (χ3v) is 5.63. The van der Waals surface area contributed by atoms with Crippen LogP contribution in [0.3, 0.4) is 0 Å². The maximum absolute atomic E-state index is 13.8. The highest BCUT2D eigenvalue weighted by atomic mass is 35.5. The Labute approximate surface area is 170 Å². The summed E-state index contributed by atoms with van der Waals surface area (Å²) in [6.07, 6.45) is 4.24. The molecule has 0 unspecified atom stereocenters. The van der Waals surface area contributed by atoms with Crippen LogP contribution in [0.4, 0.5) is 4.39 Å². The topological polar surface area (TPSA) is 54.5 Å². The van der Waals surface area contributed by atoms with E-state index in [1.165, 1.54) is 12.1 Å². The van der Waals surface area contributed by atoms with Crippen LogP contribution < -0.4 is 10.1 Å². The lowest BCUT2D eigenvalue weighted by Crippen LogP contribution is -2.47. The molecule has 28 heavy (non-hydrogen) atoms. The first kappa shape index (κ1) is 20.6. The molecule has 0 radical (unpaired) electrons. The highest BCUT2D eigenvalue weighted by Crippen LogP contribution is 2.39. The summed E-state index contributed by atoms with van der Waals surface area (Å²) in [6.45, 7) is 3.20. The summed E-state index contributed by atoms with van der Waals surface area (Å²) >= 11 is 0. The van der Waals surface area contributed by atoms with Gasteiger partial charge in [-0.2, -0.15) is 0 Å². The van der Waals surface area contributed by atoms with Crippen molar-refractivity contribution in [1.82, 2.24) is 15.2 Å². The molecular formula is C21H25ClFN3O2. The molecule has 4 rings (SSSR count). The third kappa shape index (κ3) is 3.59. The van der Waals surface area contributed by atoms with E-state index in [4.69, 9.17) is 4.74 Å². The second kappa shape index (κ2) is 8.05. The maximum Gasteiger partial charge on any atom is 0.242 e. The molecule has 7 heteroatoms. The number of benzene rings is 1. The fourth-order valence-corrected chi connectivity index (χ4v) is 4.20. The number of likely N-dealkylation sites (tertiary alicyclic amines) is 1. The Morgan fingerprint density at radius 3 is 2.86 bits per heavy atom. The summed E-state index contributed by atoms with van der Waals surface area (Å²) < 4.78 is 19.5. The van der Waals surface area contributed by atoms with Crippen molar-refractivity contribution >= 4 is 18.3 Å². The molecule has 3 heterocycles. The highest BCUT2D eigenvalue weighted by Gasteiger charge is 2.50. The average molecular weight is 406 g/mol. The van der Waals surface area contributed by atoms with E-state index in [1.54, 1.807) is 17.2 Å². The van der Waals surface area contributed by atoms with Crippen molar-refractivity contribution < 1.29 is 13.9 Å². The number of rotatable bonds is 4. The van der Waals surface area contributed by atoms with Gasteiger partial charge in [0.1, 0.15) is 17.1 Å². The molecule has 0 saturated carbocycles. The normalized spacial score (nSPS) is 23.9. The second-order valence-corrected chi connectivity index (χ2v) is 7.34. The highest BCUT2D eigenvalue weighted by molar-refractivity contribution is 5.88. The Morgan fingerprint density at radius 2 is 2.14 bits per heavy atom. The summed E-state index contributed by atoms with van der Waals surface area (Å²) in [5.41, 5.74) is 2.00. The number of ether oxygens (including phenoxy) is 1. The van der Waals surface area contributed by atoms with Crippen LogP contribution in [0.15, 0.2) is 36.5 Å². The van der Waals surface area contributed by atoms with Crippen molar-refractivity contribution in [3.05, 3.63) is 48.0 Å². The van der Waals surface area contributed by atoms with Crippen LogP contribution in [0.25, 0.3) is 11.1 Å². The predicted octanol–water partition coefficient (Wildman–Crippen LogP) is 3.73. The van der Waals surface area contributed by atoms with Crippen molar-refractivity contribution in [2.24, 2.45) is 0 Å². The standard InChI is InChI=1S/C21H24FN3O2.ClH/c1-3-27-19-5-4-15(22)13-16(19)14-7-10-23-18(12-14)17-6-8-21(24-17)9-11-25(2)20(21)26;/h4-5,7,10,12-13,17,24H,3,6,8-9,11H2,1-2H3;1H/t17-,21+;/m1./s1. The number of hydrogen-bond donors (Lipinski definition) is 1. The van der Waals surface area contributed by atoms with Gasteiger partial charge >= 0.3 is 0 Å². The number of amides is 1. The summed E-state index contributed by atoms with van der Waals surface area (Å²) in [7, 11) is 1.85. The Hall–Kier alpha value is -2.18. The van der Waals surface area contributed by atoms with E-state index in [2.05, 4.69) is 10.3 Å². The van der Waals surface area contributed by atoms with Crippen LogP contribution in [0, 0.1) is 5.82 Å². The molecule has 2 fully saturated rings. The van der Waals surface area contributed by atoms with Gasteiger partial charge in [0.25, 0.3) is 0 Å². The monoisotopic (exact) mass is 405 g/mol. The molecule has 2 aliphatic rings. The van der Waals surface area contributed by atoms with Crippen LogP contribution in [0.2, 0.25) is 0 Å². The molecule has 2 atom stereocenters. The van der Waals surface area contributed by atoms with Crippen LogP contribution in [-0.2, 0) is 4.79 Å². The van der Waals surface area contributed by atoms with Gasteiger partial charge in [-0.1, -0.05) is 0 Å². The van der Waals surface area contributed by atoms with Gasteiger partial charge in [0.05, 0.1) is 18.3 Å². The van der Waals surface area contributed by atoms with Gasteiger partial charge in [0, 0.05) is 25.4 Å². The molecule has 1 N–H and O–H groups in total. The number of halogens is 2. The van der Waals surface area contributed by atoms with Gasteiger partial charge < -0.3 is 9.64 Å². The Balaban J connectivity index is 0.00000225. The number of aromatic nitrogens is 1. The second-order valence-electron chi connectivity index (χ2n) is 7.34. The number of hydrogen-bond acceptors (Lipinski definition) is 4. The van der Waals surface area contributed by atoms with Crippen molar-refractivity contribution in [1.29, 1.82) is 0 Å². The molecule has 1 spiro atoms. The van der Waals surface area contributed by atoms with Crippen molar-refractivity contribution in [2.45, 2.75) is 37.8 Å². The SMILES string of the molecule is CCOc1ccc(F)cc1-c1ccnc([C@H]2CC[C@@]3(CCN(C)C3=O)N2)c1.Cl. The lowest BCUT2D eigenvalue weighted by Gasteiger charge is -2.23. The fourth-order valence-electron chi connectivity index (χ4n) is 4.20. The van der Waals surface area contributed by atoms with E-state index in [1.807, 2.05) is 26.1 Å². The van der Waals surface area contributed by atoms with Crippen LogP contribution in [0.5, 0.6) is 5.75 Å². The van der Waals surface area contributed by atoms with Gasteiger partial charge in [0.15, 0.2) is 0 Å². The number of pyridine rings is 1. The zero-order valence-electron chi connectivity index (χ0n) is 16.1. The largest absolute Gasteiger partial charge is 0.493 e. The number of carbonyl (C=O) groups is 1. The summed E-state index contributed by atoms with van der Waals surface area (Å²) in [4.78, 5) is 18.8. The molecular weight excluding hydrogens is 381 g/mol. The van der Waals surface area contributed by atoms with Gasteiger partial charge in [0.2, 0.25) is 5.91 Å². The maximum atomic E-state index is 13.8. The summed E-state index contributed by atoms with van der Waals surface area (Å²) in [6, 6.07) is 8.40. The van der Waals surface area contributed by atoms with Crippen LogP contribution >= 0.6 is 12.4 Å². The van der Waals surface area contributed by atoms with E-state index in [0.29, 0.717) is 17.9 Å². The molecule has 5 nitrogen and oxygen atoms in total. The first-order valence-electron chi connectivity index (χ1n) is 9.44. The average Bonchev–Trinajstić information content (AvgIpc) is 3.23. The summed E-state index contributed by atoms with van der Waals surface area (Å²) in [5.74, 6) is 0.522. The van der Waals surface area contributed by atoms with Crippen LogP contribution in [-0.4, -0.2) is 41.5 Å². The van der Waals surface area contributed by atoms with E-state index in [9.17, 15) is 9.18 Å². The van der Waals surface area contributed by atoms with Gasteiger partial charge in [-0.25, -0.2) is 4.39 Å². The lowest BCUT2D eigenvalue weighted by molar-refractivity contribution is -0.131. The quantitative estimate of drug-likeness (QED) is 0.842. The molecule has 2 saturated heterocycles. The molecule has 150 valence electrons. The van der Waals surface area contributed by atoms with E-state index < -0.39 is 5.54 Å². The molecule has 0 aliphatic carbocycles. The predicted molar refractivity (Wildman–Crippen MR) is 108 cm³/mol. The summed E-state index contributed by atoms with van der Waals surface area (Å²) in [5, 5.41) is 3.53. The molecule has 1 amide bonds. The van der Waals surface area contributed by atoms with Crippen molar-refractivity contribution in [3.63, 3.8) is 0 Å². The van der Waals surface area contributed by atoms with Crippen LogP contribution in [0.1, 0.15) is 37.9 Å². The third-order valence-electron chi connectivity index (χ3n) is 5.63. The van der Waals surface area contributed by atoms with E-state index in [0.717, 1.165) is 37.1 Å². The number of nitrogens with zero attached hydrogens (tertiary/aromatic N) is 2. The van der Waals surface area contributed by atoms with Gasteiger partial charge in [-0.3, -0.25) is 15.1 Å². The number of carbonyl (C=O) groups excluding carboxylic acids is 1. The first-order chi connectivity index (χ1) is 13.0. The molecule has 1 aromatic heterocycles. The fraction of sp³-hybridized carbons (Fsp3) is 0.429. The minimum absolute atomic E-state index is 0. The van der Waals surface area contributed by atoms with Crippen molar-refractivity contribution in [3.8, 4) is 16.9 Å². The molecule has 1 aromatic carbocycles. The zero-order chi connectivity index (χ0) is 19.0. The van der Waals surface area contributed by atoms with E-state index >= 15 is 0 Å². The minimum atomic E-state index is -0.452. The Kier molecular flexibility index (Phi) is 5.91. The number of likely N-dealkylation sites (N-methyl/N-ethyl adjacent to an activating group) is 1. The molecule has 2 aromatic rings. The zero-order valence-corrected chi connectivity index (χ0v) is 16.9. The number of nitrogens with one attached hydrogen (secondary N) is 1. The molecule has 2 aliphatic heterocycles. The van der Waals surface area contributed by atoms with Gasteiger partial charge in [-0.15, -0.1) is 12.4 Å². The Morgan fingerprint density at radius 1 is 1.32 bits per heavy atom. The molecule has 0 bridgehead atoms. The van der Waals surface area contributed by atoms with Crippen molar-refractivity contribution in [2.75, 3.05) is 20.2 Å².